The predicted octanol–water partition coefficient (Wildman–Crippen LogP) is 2.35. The first-order valence-corrected chi connectivity index (χ1v) is 7.10. The van der Waals surface area contributed by atoms with Gasteiger partial charge < -0.3 is 9.63 Å². The van der Waals surface area contributed by atoms with Crippen LogP contribution in [-0.4, -0.2) is 39.3 Å². The van der Waals surface area contributed by atoms with Crippen molar-refractivity contribution in [3.8, 4) is 0 Å². The van der Waals surface area contributed by atoms with Gasteiger partial charge in [0.2, 0.25) is 5.89 Å². The lowest BCUT2D eigenvalue weighted by Gasteiger charge is -2.28. The Morgan fingerprint density at radius 3 is 2.32 bits per heavy atom. The number of hydrogen-bond acceptors (Lipinski definition) is 5. The van der Waals surface area contributed by atoms with E-state index in [9.17, 15) is 5.11 Å². The molecule has 0 aliphatic carbocycles. The highest BCUT2D eigenvalue weighted by atomic mass is 16.5. The first kappa shape index (κ1) is 16.1. The molecule has 0 spiro atoms. The Kier molecular flexibility index (Phi) is 5.94. The maximum Gasteiger partial charge on any atom is 0.240 e. The minimum Gasteiger partial charge on any atom is -0.395 e. The Morgan fingerprint density at radius 1 is 1.26 bits per heavy atom. The maximum absolute atomic E-state index is 9.18. The van der Waals surface area contributed by atoms with Crippen LogP contribution in [0.25, 0.3) is 0 Å². The lowest BCUT2D eigenvalue weighted by molar-refractivity contribution is 0.122. The van der Waals surface area contributed by atoms with E-state index < -0.39 is 0 Å². The average Bonchev–Trinajstić information content (AvgIpc) is 2.79. The van der Waals surface area contributed by atoms with E-state index in [0.29, 0.717) is 25.0 Å². The Labute approximate surface area is 116 Å². The molecule has 5 nitrogen and oxygen atoms in total. The average molecular weight is 269 g/mol. The van der Waals surface area contributed by atoms with Crippen molar-refractivity contribution in [2.24, 2.45) is 0 Å². The van der Waals surface area contributed by atoms with Gasteiger partial charge >= 0.3 is 0 Å². The third-order valence-corrected chi connectivity index (χ3v) is 3.32. The second kappa shape index (κ2) is 7.01. The highest BCUT2D eigenvalue weighted by molar-refractivity contribution is 5.00. The molecule has 0 aromatic carbocycles. The molecule has 0 radical (unpaired) electrons. The third kappa shape index (κ3) is 4.58. The van der Waals surface area contributed by atoms with Crippen molar-refractivity contribution < 1.29 is 9.63 Å². The fourth-order valence-corrected chi connectivity index (χ4v) is 2.12. The highest BCUT2D eigenvalue weighted by Crippen LogP contribution is 2.19. The van der Waals surface area contributed by atoms with Gasteiger partial charge in [-0.15, -0.1) is 0 Å². The molecule has 0 aliphatic heterocycles. The summed E-state index contributed by atoms with van der Waals surface area (Å²) in [5.41, 5.74) is -0.0987. The molecule has 110 valence electrons. The number of aliphatic hydroxyl groups excluding tert-OH is 1. The van der Waals surface area contributed by atoms with Crippen LogP contribution in [0.15, 0.2) is 4.52 Å². The quantitative estimate of drug-likeness (QED) is 0.823. The fourth-order valence-electron chi connectivity index (χ4n) is 2.12. The SMILES string of the molecule is CCC(CC)N(CCO)Cc1nc(C(C)(C)C)no1. The molecule has 1 rings (SSSR count). The molecule has 0 bridgehead atoms. The second-order valence-corrected chi connectivity index (χ2v) is 5.93. The Morgan fingerprint density at radius 2 is 1.89 bits per heavy atom. The minimum absolute atomic E-state index is 0.0987. The molecule has 0 fully saturated rings. The fraction of sp³-hybridized carbons (Fsp3) is 0.857. The van der Waals surface area contributed by atoms with E-state index in [1.54, 1.807) is 0 Å². The number of rotatable bonds is 7. The molecule has 0 unspecified atom stereocenters. The van der Waals surface area contributed by atoms with Crippen molar-refractivity contribution in [1.82, 2.24) is 15.0 Å². The van der Waals surface area contributed by atoms with Gasteiger partial charge in [0, 0.05) is 18.0 Å². The van der Waals surface area contributed by atoms with Crippen LogP contribution < -0.4 is 0 Å². The lowest BCUT2D eigenvalue weighted by atomic mass is 9.96. The molecule has 19 heavy (non-hydrogen) atoms. The molecule has 0 atom stereocenters. The van der Waals surface area contributed by atoms with Crippen LogP contribution in [-0.2, 0) is 12.0 Å². The maximum atomic E-state index is 9.18. The minimum atomic E-state index is -0.0987. The topological polar surface area (TPSA) is 62.4 Å². The van der Waals surface area contributed by atoms with E-state index in [1.165, 1.54) is 0 Å². The molecular weight excluding hydrogens is 242 g/mol. The van der Waals surface area contributed by atoms with Crippen molar-refractivity contribution in [2.45, 2.75) is 65.5 Å². The standard InChI is InChI=1S/C14H27N3O2/c1-6-11(7-2)17(8-9-18)10-12-15-13(16-19-12)14(3,4)5/h11,18H,6-10H2,1-5H3. The summed E-state index contributed by atoms with van der Waals surface area (Å²) in [5.74, 6) is 1.36. The van der Waals surface area contributed by atoms with E-state index >= 15 is 0 Å². The second-order valence-electron chi connectivity index (χ2n) is 5.93. The van der Waals surface area contributed by atoms with Crippen molar-refractivity contribution in [2.75, 3.05) is 13.2 Å². The first-order valence-electron chi connectivity index (χ1n) is 7.10. The molecule has 0 aliphatic rings. The van der Waals surface area contributed by atoms with E-state index in [0.717, 1.165) is 18.7 Å². The summed E-state index contributed by atoms with van der Waals surface area (Å²) >= 11 is 0. The van der Waals surface area contributed by atoms with Gasteiger partial charge in [-0.25, -0.2) is 0 Å². The first-order chi connectivity index (χ1) is 8.92. The van der Waals surface area contributed by atoms with Crippen molar-refractivity contribution in [1.29, 1.82) is 0 Å². The van der Waals surface area contributed by atoms with E-state index in [-0.39, 0.29) is 12.0 Å². The summed E-state index contributed by atoms with van der Waals surface area (Å²) in [5, 5.41) is 13.2. The Hall–Kier alpha value is -0.940. The normalized spacial score (nSPS) is 12.6. The number of hydrogen-bond donors (Lipinski definition) is 1. The van der Waals surface area contributed by atoms with Gasteiger partial charge in [-0.05, 0) is 12.8 Å². The highest BCUT2D eigenvalue weighted by Gasteiger charge is 2.23. The summed E-state index contributed by atoms with van der Waals surface area (Å²) in [4.78, 5) is 6.66. The molecule has 0 saturated heterocycles. The van der Waals surface area contributed by atoms with Crippen LogP contribution >= 0.6 is 0 Å². The third-order valence-electron chi connectivity index (χ3n) is 3.32. The smallest absolute Gasteiger partial charge is 0.240 e. The van der Waals surface area contributed by atoms with Crippen molar-refractivity contribution in [3.63, 3.8) is 0 Å². The van der Waals surface area contributed by atoms with Gasteiger partial charge in [0.1, 0.15) is 0 Å². The zero-order chi connectivity index (χ0) is 14.5. The summed E-state index contributed by atoms with van der Waals surface area (Å²) < 4.78 is 5.32. The molecule has 0 saturated carbocycles. The number of nitrogens with zero attached hydrogens (tertiary/aromatic N) is 3. The van der Waals surface area contributed by atoms with Crippen LogP contribution in [0.2, 0.25) is 0 Å². The number of aromatic nitrogens is 2. The molecule has 0 amide bonds. The van der Waals surface area contributed by atoms with Crippen LogP contribution in [0.3, 0.4) is 0 Å². The summed E-state index contributed by atoms with van der Waals surface area (Å²) in [7, 11) is 0. The molecule has 1 aromatic rings. The summed E-state index contributed by atoms with van der Waals surface area (Å²) in [6.45, 7) is 11.9. The van der Waals surface area contributed by atoms with E-state index in [4.69, 9.17) is 4.52 Å². The van der Waals surface area contributed by atoms with Gasteiger partial charge in [0.05, 0.1) is 13.2 Å². The monoisotopic (exact) mass is 269 g/mol. The molecule has 1 aromatic heterocycles. The van der Waals surface area contributed by atoms with Crippen LogP contribution in [0, 0.1) is 0 Å². The van der Waals surface area contributed by atoms with Crippen molar-refractivity contribution >= 4 is 0 Å². The Balaban J connectivity index is 2.76. The zero-order valence-corrected chi connectivity index (χ0v) is 12.8. The van der Waals surface area contributed by atoms with Gasteiger partial charge in [0.25, 0.3) is 0 Å². The number of aliphatic hydroxyl groups is 1. The molecule has 5 heteroatoms. The summed E-state index contributed by atoms with van der Waals surface area (Å²) in [6.07, 6.45) is 2.10. The van der Waals surface area contributed by atoms with Gasteiger partial charge in [-0.3, -0.25) is 4.90 Å². The molecular formula is C14H27N3O2. The van der Waals surface area contributed by atoms with Crippen molar-refractivity contribution in [3.05, 3.63) is 11.7 Å². The molecule has 1 N–H and O–H groups in total. The predicted molar refractivity (Wildman–Crippen MR) is 74.9 cm³/mol. The Bertz CT molecular complexity index is 367. The van der Waals surface area contributed by atoms with Gasteiger partial charge in [-0.2, -0.15) is 4.98 Å². The van der Waals surface area contributed by atoms with E-state index in [2.05, 4.69) is 49.7 Å². The van der Waals surface area contributed by atoms with Crippen LogP contribution in [0.1, 0.15) is 59.2 Å². The van der Waals surface area contributed by atoms with Gasteiger partial charge in [-0.1, -0.05) is 39.8 Å². The lowest BCUT2D eigenvalue weighted by Crippen LogP contribution is -2.36. The van der Waals surface area contributed by atoms with Crippen LogP contribution in [0.5, 0.6) is 0 Å². The van der Waals surface area contributed by atoms with E-state index in [1.807, 2.05) is 0 Å². The summed E-state index contributed by atoms with van der Waals surface area (Å²) in [6, 6.07) is 0.442. The molecule has 1 heterocycles. The largest absolute Gasteiger partial charge is 0.395 e. The van der Waals surface area contributed by atoms with Crippen LogP contribution in [0.4, 0.5) is 0 Å². The van der Waals surface area contributed by atoms with Gasteiger partial charge in [0.15, 0.2) is 5.82 Å². The zero-order valence-electron chi connectivity index (χ0n) is 12.8.